The van der Waals surface area contributed by atoms with E-state index in [2.05, 4.69) is 9.72 Å². The number of ether oxygens (including phenoxy) is 1. The molecule has 34 heavy (non-hydrogen) atoms. The Morgan fingerprint density at radius 2 is 1.65 bits per heavy atom. The number of halogens is 1. The molecule has 0 atom stereocenters. The second-order valence-electron chi connectivity index (χ2n) is 7.73. The van der Waals surface area contributed by atoms with Gasteiger partial charge in [-0.3, -0.25) is 14.4 Å². The van der Waals surface area contributed by atoms with E-state index in [1.807, 2.05) is 6.07 Å². The quantitative estimate of drug-likeness (QED) is 0.271. The molecule has 1 N–H and O–H groups in total. The van der Waals surface area contributed by atoms with Gasteiger partial charge in [-0.05, 0) is 35.9 Å². The molecule has 0 saturated carbocycles. The summed E-state index contributed by atoms with van der Waals surface area (Å²) in [5.41, 5.74) is 1.22. The first-order valence-corrected chi connectivity index (χ1v) is 10.6. The van der Waals surface area contributed by atoms with Crippen LogP contribution in [-0.2, 0) is 14.3 Å². The van der Waals surface area contributed by atoms with Gasteiger partial charge in [0.2, 0.25) is 0 Å². The van der Waals surface area contributed by atoms with Crippen LogP contribution in [0.1, 0.15) is 26.3 Å². The number of amides is 2. The van der Waals surface area contributed by atoms with Crippen molar-refractivity contribution in [1.29, 1.82) is 0 Å². The Labute approximate surface area is 194 Å². The highest BCUT2D eigenvalue weighted by Crippen LogP contribution is 2.27. The summed E-state index contributed by atoms with van der Waals surface area (Å²) in [5.74, 6) is -2.99. The molecule has 2 heterocycles. The molecular weight excluding hydrogens is 441 g/mol. The number of benzene rings is 2. The molecule has 1 saturated heterocycles. The number of carbonyl (C=O) groups excluding carboxylic acids is 4. The van der Waals surface area contributed by atoms with Crippen LogP contribution in [0.3, 0.4) is 0 Å². The summed E-state index contributed by atoms with van der Waals surface area (Å²) >= 11 is 0. The van der Waals surface area contributed by atoms with Crippen LogP contribution < -0.4 is 0 Å². The normalized spacial score (nSPS) is 13.9. The number of ketones is 1. The van der Waals surface area contributed by atoms with Gasteiger partial charge < -0.3 is 19.5 Å². The Morgan fingerprint density at radius 1 is 0.971 bits per heavy atom. The van der Waals surface area contributed by atoms with E-state index in [0.29, 0.717) is 11.1 Å². The number of nitrogens with one attached hydrogen (secondary N) is 1. The summed E-state index contributed by atoms with van der Waals surface area (Å²) in [7, 11) is 1.24. The van der Waals surface area contributed by atoms with Gasteiger partial charge in [-0.15, -0.1) is 0 Å². The smallest absolute Gasteiger partial charge is 0.330 e. The zero-order valence-electron chi connectivity index (χ0n) is 18.4. The zero-order valence-corrected chi connectivity index (χ0v) is 18.4. The number of nitrogens with zero attached hydrogens (tertiary/aromatic N) is 2. The minimum Gasteiger partial charge on any atom is -0.466 e. The van der Waals surface area contributed by atoms with Crippen molar-refractivity contribution in [1.82, 2.24) is 14.8 Å². The largest absolute Gasteiger partial charge is 0.466 e. The molecule has 2 aromatic carbocycles. The molecule has 1 fully saturated rings. The molecule has 4 rings (SSSR count). The Bertz CT molecular complexity index is 1290. The maximum Gasteiger partial charge on any atom is 0.330 e. The average Bonchev–Trinajstić information content (AvgIpc) is 3.33. The van der Waals surface area contributed by atoms with Crippen molar-refractivity contribution in [2.24, 2.45) is 0 Å². The van der Waals surface area contributed by atoms with Crippen LogP contribution in [0.2, 0.25) is 0 Å². The van der Waals surface area contributed by atoms with Crippen molar-refractivity contribution in [3.8, 4) is 0 Å². The molecule has 174 valence electrons. The number of carbonyl (C=O) groups is 4. The summed E-state index contributed by atoms with van der Waals surface area (Å²) in [4.78, 5) is 55.7. The predicted octanol–water partition coefficient (Wildman–Crippen LogP) is 2.66. The van der Waals surface area contributed by atoms with Gasteiger partial charge in [-0.1, -0.05) is 18.2 Å². The minimum absolute atomic E-state index is 0.0248. The predicted molar refractivity (Wildman–Crippen MR) is 123 cm³/mol. The Kier molecular flexibility index (Phi) is 6.53. The van der Waals surface area contributed by atoms with Crippen LogP contribution in [0, 0.1) is 5.82 Å². The van der Waals surface area contributed by atoms with E-state index in [1.165, 1.54) is 42.5 Å². The van der Waals surface area contributed by atoms with Crippen LogP contribution in [0.15, 0.2) is 54.7 Å². The molecule has 0 spiro atoms. The highest BCUT2D eigenvalue weighted by atomic mass is 19.1. The number of esters is 1. The van der Waals surface area contributed by atoms with Crippen LogP contribution in [0.5, 0.6) is 0 Å². The number of fused-ring (bicyclic) bond motifs is 1. The molecule has 1 aromatic heterocycles. The Morgan fingerprint density at radius 3 is 2.32 bits per heavy atom. The SMILES string of the molecule is COC(=O)/C=C/c1ccc(F)c2c(C(=O)C(=O)N3CCN(C(=O)c4ccccc4)CC3)c[nH]c12. The second kappa shape index (κ2) is 9.70. The van der Waals surface area contributed by atoms with Crippen LogP contribution in [0.4, 0.5) is 4.39 Å². The molecule has 0 aliphatic carbocycles. The molecule has 1 aliphatic rings. The summed E-state index contributed by atoms with van der Waals surface area (Å²) in [6.45, 7) is 0.969. The van der Waals surface area contributed by atoms with Gasteiger partial charge in [0.15, 0.2) is 0 Å². The van der Waals surface area contributed by atoms with Gasteiger partial charge in [-0.25, -0.2) is 9.18 Å². The fourth-order valence-corrected chi connectivity index (χ4v) is 3.91. The van der Waals surface area contributed by atoms with Crippen LogP contribution >= 0.6 is 0 Å². The molecule has 0 unspecified atom stereocenters. The van der Waals surface area contributed by atoms with Crippen molar-refractivity contribution in [3.05, 3.63) is 77.2 Å². The number of hydrogen-bond acceptors (Lipinski definition) is 5. The Hall–Kier alpha value is -4.27. The molecule has 9 heteroatoms. The number of Topliss-reactive ketones (excluding diaryl/α,β-unsaturated/α-hetero) is 1. The van der Waals surface area contributed by atoms with Gasteiger partial charge >= 0.3 is 5.97 Å². The summed E-state index contributed by atoms with van der Waals surface area (Å²) in [6, 6.07) is 11.5. The molecular formula is C25H22FN3O5. The third-order valence-corrected chi connectivity index (χ3v) is 5.73. The number of rotatable bonds is 5. The monoisotopic (exact) mass is 463 g/mol. The van der Waals surface area contributed by atoms with Crippen molar-refractivity contribution < 1.29 is 28.3 Å². The van der Waals surface area contributed by atoms with Gasteiger partial charge in [0, 0.05) is 49.4 Å². The molecule has 8 nitrogen and oxygen atoms in total. The lowest BCUT2D eigenvalue weighted by molar-refractivity contribution is -0.134. The molecule has 0 bridgehead atoms. The van der Waals surface area contributed by atoms with Gasteiger partial charge in [0.25, 0.3) is 17.6 Å². The van der Waals surface area contributed by atoms with E-state index in [1.54, 1.807) is 29.2 Å². The maximum atomic E-state index is 14.6. The van der Waals surface area contributed by atoms with Crippen molar-refractivity contribution in [2.75, 3.05) is 33.3 Å². The molecule has 0 radical (unpaired) electrons. The standard InChI is InChI=1S/C25H22FN3O5/c1-34-20(30)10-8-16-7-9-19(26)21-18(15-27-22(16)21)23(31)25(33)29-13-11-28(12-14-29)24(32)17-5-3-2-4-6-17/h2-10,15,27H,11-14H2,1H3/b10-8+. The Balaban J connectivity index is 1.50. The van der Waals surface area contributed by atoms with Crippen LogP contribution in [-0.4, -0.2) is 71.6 Å². The lowest BCUT2D eigenvalue weighted by Crippen LogP contribution is -2.52. The molecule has 1 aliphatic heterocycles. The third-order valence-electron chi connectivity index (χ3n) is 5.73. The minimum atomic E-state index is -0.845. The van der Waals surface area contributed by atoms with E-state index in [4.69, 9.17) is 0 Å². The molecule has 2 amide bonds. The number of aromatic amines is 1. The fourth-order valence-electron chi connectivity index (χ4n) is 3.91. The zero-order chi connectivity index (χ0) is 24.2. The van der Waals surface area contributed by atoms with E-state index < -0.39 is 23.5 Å². The van der Waals surface area contributed by atoms with Crippen LogP contribution in [0.25, 0.3) is 17.0 Å². The first kappa shape index (κ1) is 22.9. The van der Waals surface area contributed by atoms with E-state index in [0.717, 1.165) is 0 Å². The highest BCUT2D eigenvalue weighted by Gasteiger charge is 2.30. The average molecular weight is 463 g/mol. The second-order valence-corrected chi connectivity index (χ2v) is 7.73. The highest BCUT2D eigenvalue weighted by molar-refractivity contribution is 6.45. The van der Waals surface area contributed by atoms with Crippen molar-refractivity contribution >= 4 is 40.5 Å². The lowest BCUT2D eigenvalue weighted by Gasteiger charge is -2.34. The fraction of sp³-hybridized carbons (Fsp3) is 0.200. The topological polar surface area (TPSA) is 99.8 Å². The lowest BCUT2D eigenvalue weighted by atomic mass is 10.0. The maximum absolute atomic E-state index is 14.6. The first-order valence-electron chi connectivity index (χ1n) is 10.6. The van der Waals surface area contributed by atoms with Gasteiger partial charge in [-0.2, -0.15) is 0 Å². The number of piperazine rings is 1. The van der Waals surface area contributed by atoms with Crippen molar-refractivity contribution in [2.45, 2.75) is 0 Å². The van der Waals surface area contributed by atoms with E-state index >= 15 is 0 Å². The van der Waals surface area contributed by atoms with E-state index in [-0.39, 0.29) is 48.6 Å². The van der Waals surface area contributed by atoms with Gasteiger partial charge in [0.1, 0.15) is 5.82 Å². The van der Waals surface area contributed by atoms with E-state index in [9.17, 15) is 23.6 Å². The summed E-state index contributed by atoms with van der Waals surface area (Å²) in [5, 5.41) is -0.0248. The number of hydrogen-bond donors (Lipinski definition) is 1. The first-order chi connectivity index (χ1) is 16.4. The van der Waals surface area contributed by atoms with Crippen molar-refractivity contribution in [3.63, 3.8) is 0 Å². The third kappa shape index (κ3) is 4.45. The van der Waals surface area contributed by atoms with Gasteiger partial charge in [0.05, 0.1) is 18.2 Å². The summed E-state index contributed by atoms with van der Waals surface area (Å²) < 4.78 is 19.2. The molecule has 3 aromatic rings. The number of methoxy groups -OCH3 is 1. The summed E-state index contributed by atoms with van der Waals surface area (Å²) in [6.07, 6.45) is 3.90. The number of aromatic nitrogens is 1. The number of H-pyrrole nitrogens is 1.